The minimum Gasteiger partial charge on any atom is -0.467 e. The van der Waals surface area contributed by atoms with E-state index in [1.54, 1.807) is 30.3 Å². The summed E-state index contributed by atoms with van der Waals surface area (Å²) in [7, 11) is 1.11. The van der Waals surface area contributed by atoms with Gasteiger partial charge in [-0.3, -0.25) is 20.2 Å². The van der Waals surface area contributed by atoms with Crippen LogP contribution in [0.5, 0.6) is 0 Å². The molecular formula is C16H15N3O7. The van der Waals surface area contributed by atoms with Gasteiger partial charge in [-0.2, -0.15) is 0 Å². The summed E-state index contributed by atoms with van der Waals surface area (Å²) >= 11 is 0. The van der Waals surface area contributed by atoms with Gasteiger partial charge in [0, 0.05) is 6.07 Å². The van der Waals surface area contributed by atoms with Gasteiger partial charge in [0.05, 0.1) is 23.0 Å². The fourth-order valence-electron chi connectivity index (χ4n) is 2.31. The number of nitrogens with one attached hydrogen (secondary N) is 1. The number of esters is 1. The highest BCUT2D eigenvalue weighted by atomic mass is 16.6. The number of rotatable bonds is 7. The Balaban J connectivity index is 2.41. The van der Waals surface area contributed by atoms with Crippen LogP contribution in [0.1, 0.15) is 11.7 Å². The number of ether oxygens (including phenoxy) is 1. The first-order valence-electron chi connectivity index (χ1n) is 7.35. The van der Waals surface area contributed by atoms with Crippen LogP contribution in [0.3, 0.4) is 0 Å². The number of nitro groups is 2. The van der Waals surface area contributed by atoms with E-state index in [0.29, 0.717) is 5.56 Å². The number of carbonyl (C=O) groups is 1. The number of aliphatic hydroxyl groups is 1. The molecule has 0 aliphatic carbocycles. The number of nitro benzene ring substituents is 2. The second kappa shape index (κ2) is 8.03. The normalized spacial score (nSPS) is 12.7. The van der Waals surface area contributed by atoms with Gasteiger partial charge in [-0.25, -0.2) is 4.79 Å². The molecule has 0 radical (unpaired) electrons. The summed E-state index contributed by atoms with van der Waals surface area (Å²) in [6.45, 7) is 0. The highest BCUT2D eigenvalue weighted by Crippen LogP contribution is 2.31. The third-order valence-electron chi connectivity index (χ3n) is 3.61. The van der Waals surface area contributed by atoms with Gasteiger partial charge in [0.25, 0.3) is 11.4 Å². The molecule has 26 heavy (non-hydrogen) atoms. The van der Waals surface area contributed by atoms with Crippen molar-refractivity contribution in [2.24, 2.45) is 0 Å². The van der Waals surface area contributed by atoms with E-state index in [2.05, 4.69) is 10.1 Å². The number of carbonyl (C=O) groups excluding carboxylic acids is 1. The zero-order valence-corrected chi connectivity index (χ0v) is 13.6. The molecule has 2 atom stereocenters. The van der Waals surface area contributed by atoms with E-state index in [0.717, 1.165) is 25.3 Å². The molecule has 0 aliphatic rings. The van der Waals surface area contributed by atoms with Gasteiger partial charge in [0.2, 0.25) is 0 Å². The summed E-state index contributed by atoms with van der Waals surface area (Å²) in [5, 5.41) is 35.1. The van der Waals surface area contributed by atoms with Crippen molar-refractivity contribution in [1.82, 2.24) is 0 Å². The molecule has 0 spiro atoms. The van der Waals surface area contributed by atoms with Gasteiger partial charge in [-0.1, -0.05) is 30.3 Å². The van der Waals surface area contributed by atoms with Crippen LogP contribution in [0.4, 0.5) is 17.1 Å². The van der Waals surface area contributed by atoms with Gasteiger partial charge in [0.1, 0.15) is 11.8 Å². The average molecular weight is 361 g/mol. The van der Waals surface area contributed by atoms with Crippen LogP contribution in [0, 0.1) is 20.2 Å². The molecule has 136 valence electrons. The van der Waals surface area contributed by atoms with E-state index in [4.69, 9.17) is 0 Å². The van der Waals surface area contributed by atoms with Gasteiger partial charge in [0.15, 0.2) is 6.04 Å². The van der Waals surface area contributed by atoms with Gasteiger partial charge < -0.3 is 15.2 Å². The van der Waals surface area contributed by atoms with E-state index < -0.39 is 39.3 Å². The SMILES string of the molecule is COC(=O)[C@@H](Nc1ccc([N+](=O)[O-])cc1[N+](=O)[O-])[C@@H](O)c1ccccc1. The van der Waals surface area contributed by atoms with Crippen LogP contribution in [0.2, 0.25) is 0 Å². The van der Waals surface area contributed by atoms with Crippen molar-refractivity contribution in [2.75, 3.05) is 12.4 Å². The summed E-state index contributed by atoms with van der Waals surface area (Å²) < 4.78 is 4.65. The number of benzene rings is 2. The Kier molecular flexibility index (Phi) is 5.81. The number of non-ortho nitro benzene ring substituents is 1. The monoisotopic (exact) mass is 361 g/mol. The van der Waals surface area contributed by atoms with Crippen molar-refractivity contribution >= 4 is 23.0 Å². The molecule has 10 heteroatoms. The Bertz CT molecular complexity index is 826. The second-order valence-electron chi connectivity index (χ2n) is 5.22. The van der Waals surface area contributed by atoms with E-state index in [1.807, 2.05) is 0 Å². The Hall–Kier alpha value is -3.53. The Morgan fingerprint density at radius 3 is 2.31 bits per heavy atom. The quantitative estimate of drug-likeness (QED) is 0.433. The molecule has 10 nitrogen and oxygen atoms in total. The fraction of sp³-hybridized carbons (Fsp3) is 0.188. The molecule has 2 aromatic rings. The number of aliphatic hydroxyl groups excluding tert-OH is 1. The van der Waals surface area contributed by atoms with Crippen molar-refractivity contribution in [1.29, 1.82) is 0 Å². The van der Waals surface area contributed by atoms with Crippen molar-refractivity contribution in [2.45, 2.75) is 12.1 Å². The molecule has 0 aromatic heterocycles. The van der Waals surface area contributed by atoms with Crippen LogP contribution in [-0.2, 0) is 9.53 Å². The molecule has 0 bridgehead atoms. The highest BCUT2D eigenvalue weighted by molar-refractivity contribution is 5.82. The summed E-state index contributed by atoms with van der Waals surface area (Å²) in [6.07, 6.45) is -1.36. The topological polar surface area (TPSA) is 145 Å². The fourth-order valence-corrected chi connectivity index (χ4v) is 2.31. The maximum absolute atomic E-state index is 12.1. The predicted molar refractivity (Wildman–Crippen MR) is 90.6 cm³/mol. The Labute approximate surface area is 147 Å². The van der Waals surface area contributed by atoms with E-state index in [-0.39, 0.29) is 5.69 Å². The molecular weight excluding hydrogens is 346 g/mol. The van der Waals surface area contributed by atoms with E-state index in [9.17, 15) is 30.1 Å². The van der Waals surface area contributed by atoms with Crippen molar-refractivity contribution in [3.63, 3.8) is 0 Å². The maximum atomic E-state index is 12.1. The van der Waals surface area contributed by atoms with Gasteiger partial charge in [-0.15, -0.1) is 0 Å². The number of methoxy groups -OCH3 is 1. The van der Waals surface area contributed by atoms with Crippen molar-refractivity contribution < 1.29 is 24.5 Å². The molecule has 0 fully saturated rings. The average Bonchev–Trinajstić information content (AvgIpc) is 2.65. The molecule has 0 unspecified atom stereocenters. The molecule has 0 saturated heterocycles. The largest absolute Gasteiger partial charge is 0.467 e. The zero-order valence-electron chi connectivity index (χ0n) is 13.6. The molecule has 2 N–H and O–H groups in total. The Morgan fingerprint density at radius 1 is 1.12 bits per heavy atom. The lowest BCUT2D eigenvalue weighted by Gasteiger charge is -2.23. The molecule has 2 aromatic carbocycles. The van der Waals surface area contributed by atoms with Gasteiger partial charge >= 0.3 is 5.97 Å². The number of nitrogens with zero attached hydrogens (tertiary/aromatic N) is 2. The molecule has 0 saturated carbocycles. The van der Waals surface area contributed by atoms with Crippen LogP contribution >= 0.6 is 0 Å². The summed E-state index contributed by atoms with van der Waals surface area (Å²) in [5.41, 5.74) is -0.847. The first-order valence-corrected chi connectivity index (χ1v) is 7.35. The lowest BCUT2D eigenvalue weighted by Crippen LogP contribution is -2.36. The third-order valence-corrected chi connectivity index (χ3v) is 3.61. The highest BCUT2D eigenvalue weighted by Gasteiger charge is 2.31. The van der Waals surface area contributed by atoms with Crippen LogP contribution in [0.15, 0.2) is 48.5 Å². The first kappa shape index (κ1) is 18.8. The predicted octanol–water partition coefficient (Wildman–Crippen LogP) is 2.19. The van der Waals surface area contributed by atoms with Crippen molar-refractivity contribution in [3.8, 4) is 0 Å². The molecule has 0 heterocycles. The number of hydrogen-bond acceptors (Lipinski definition) is 8. The molecule has 0 amide bonds. The smallest absolute Gasteiger partial charge is 0.331 e. The second-order valence-corrected chi connectivity index (χ2v) is 5.22. The minimum atomic E-state index is -1.36. The van der Waals surface area contributed by atoms with Crippen molar-refractivity contribution in [3.05, 3.63) is 74.3 Å². The lowest BCUT2D eigenvalue weighted by atomic mass is 10.0. The van der Waals surface area contributed by atoms with Gasteiger partial charge in [-0.05, 0) is 11.6 Å². The maximum Gasteiger partial charge on any atom is 0.331 e. The van der Waals surface area contributed by atoms with E-state index >= 15 is 0 Å². The Morgan fingerprint density at radius 2 is 1.77 bits per heavy atom. The summed E-state index contributed by atoms with van der Waals surface area (Å²) in [4.78, 5) is 32.5. The summed E-state index contributed by atoms with van der Waals surface area (Å²) in [6, 6.07) is 9.75. The minimum absolute atomic E-state index is 0.161. The summed E-state index contributed by atoms with van der Waals surface area (Å²) in [5.74, 6) is -0.853. The number of hydrogen-bond donors (Lipinski definition) is 2. The first-order chi connectivity index (χ1) is 12.3. The zero-order chi connectivity index (χ0) is 19.3. The lowest BCUT2D eigenvalue weighted by molar-refractivity contribution is -0.393. The molecule has 0 aliphatic heterocycles. The van der Waals surface area contributed by atoms with Crippen LogP contribution in [-0.4, -0.2) is 34.1 Å². The number of anilines is 1. The van der Waals surface area contributed by atoms with E-state index in [1.165, 1.54) is 0 Å². The molecule has 2 rings (SSSR count). The van der Waals surface area contributed by atoms with Crippen LogP contribution in [0.25, 0.3) is 0 Å². The van der Waals surface area contributed by atoms with Crippen LogP contribution < -0.4 is 5.32 Å². The third kappa shape index (κ3) is 4.11. The standard InChI is InChI=1S/C16H15N3O7/c1-26-16(21)14(15(20)10-5-3-2-4-6-10)17-12-8-7-11(18(22)23)9-13(12)19(24)25/h2-9,14-15,17,20H,1H3/t14-,15-/m0/s1.